The molecule has 1 aromatic heterocycles. The Morgan fingerprint density at radius 2 is 1.61 bits per heavy atom. The van der Waals surface area contributed by atoms with Gasteiger partial charge in [-0.05, 0) is 38.8 Å². The number of morpholine rings is 1. The van der Waals surface area contributed by atoms with Gasteiger partial charge in [-0.3, -0.25) is 9.52 Å². The minimum atomic E-state index is -3.95. The number of hydrogen-bond acceptors (Lipinski definition) is 4. The van der Waals surface area contributed by atoms with Crippen LogP contribution in [0.15, 0.2) is 23.1 Å². The maximum atomic E-state index is 13.4. The van der Waals surface area contributed by atoms with Crippen LogP contribution in [0.3, 0.4) is 0 Å². The first-order valence-corrected chi connectivity index (χ1v) is 10.8. The van der Waals surface area contributed by atoms with Crippen LogP contribution >= 0.6 is 0 Å². The number of sulfonamides is 1. The van der Waals surface area contributed by atoms with E-state index in [1.807, 2.05) is 32.0 Å². The summed E-state index contributed by atoms with van der Waals surface area (Å²) >= 11 is 0. The van der Waals surface area contributed by atoms with Gasteiger partial charge in [0.25, 0.3) is 15.9 Å². The molecule has 1 amide bonds. The van der Waals surface area contributed by atoms with Crippen molar-refractivity contribution in [3.63, 3.8) is 0 Å². The summed E-state index contributed by atoms with van der Waals surface area (Å²) in [5.74, 6) is -0.272. The van der Waals surface area contributed by atoms with Crippen LogP contribution in [0.5, 0.6) is 0 Å². The van der Waals surface area contributed by atoms with Crippen LogP contribution in [-0.2, 0) is 21.8 Å². The molecule has 1 saturated heterocycles. The number of carbonyl (C=O) groups is 1. The highest BCUT2D eigenvalue weighted by Gasteiger charge is 2.33. The smallest absolute Gasteiger partial charge is 0.264 e. The molecule has 3 rings (SSSR count). The molecule has 0 bridgehead atoms. The van der Waals surface area contributed by atoms with Gasteiger partial charge < -0.3 is 14.2 Å². The van der Waals surface area contributed by atoms with E-state index >= 15 is 0 Å². The molecule has 7 nitrogen and oxygen atoms in total. The van der Waals surface area contributed by atoms with Gasteiger partial charge in [0.05, 0.1) is 24.5 Å². The SMILES string of the molecule is Cc1cccc(C)c1NS(=O)(=O)c1c(C(=O)N2CCOCC2)c(C)n(C)c1C. The van der Waals surface area contributed by atoms with Crippen LogP contribution in [0, 0.1) is 27.7 Å². The molecular weight excluding hydrogens is 378 g/mol. The number of benzene rings is 1. The highest BCUT2D eigenvalue weighted by molar-refractivity contribution is 7.92. The Morgan fingerprint density at radius 3 is 2.18 bits per heavy atom. The van der Waals surface area contributed by atoms with Crippen molar-refractivity contribution in [1.29, 1.82) is 0 Å². The highest BCUT2D eigenvalue weighted by atomic mass is 32.2. The van der Waals surface area contributed by atoms with Crippen LogP contribution in [0.1, 0.15) is 32.9 Å². The Balaban J connectivity index is 2.10. The number of nitrogens with one attached hydrogen (secondary N) is 1. The molecule has 0 radical (unpaired) electrons. The lowest BCUT2D eigenvalue weighted by Gasteiger charge is -2.27. The number of para-hydroxylation sites is 1. The van der Waals surface area contributed by atoms with Gasteiger partial charge >= 0.3 is 0 Å². The van der Waals surface area contributed by atoms with Crippen molar-refractivity contribution in [1.82, 2.24) is 9.47 Å². The second-order valence-electron chi connectivity index (χ2n) is 7.21. The Kier molecular flexibility index (Phi) is 5.54. The molecule has 0 saturated carbocycles. The van der Waals surface area contributed by atoms with Crippen molar-refractivity contribution in [2.24, 2.45) is 7.05 Å². The van der Waals surface area contributed by atoms with Gasteiger partial charge in [-0.25, -0.2) is 8.42 Å². The number of hydrogen-bond donors (Lipinski definition) is 1. The molecule has 2 aromatic rings. The van der Waals surface area contributed by atoms with Crippen molar-refractivity contribution in [2.45, 2.75) is 32.6 Å². The van der Waals surface area contributed by atoms with Crippen molar-refractivity contribution in [3.8, 4) is 0 Å². The molecule has 1 aromatic carbocycles. The summed E-state index contributed by atoms with van der Waals surface area (Å²) in [6, 6.07) is 5.59. The van der Waals surface area contributed by atoms with Gasteiger partial charge in [0, 0.05) is 31.5 Å². The average molecular weight is 406 g/mol. The van der Waals surface area contributed by atoms with E-state index in [0.29, 0.717) is 43.4 Å². The Morgan fingerprint density at radius 1 is 1.04 bits per heavy atom. The predicted molar refractivity (Wildman–Crippen MR) is 108 cm³/mol. The lowest BCUT2D eigenvalue weighted by atomic mass is 10.1. The van der Waals surface area contributed by atoms with Gasteiger partial charge in [0.2, 0.25) is 0 Å². The third-order valence-electron chi connectivity index (χ3n) is 5.42. The molecule has 8 heteroatoms. The summed E-state index contributed by atoms with van der Waals surface area (Å²) in [5.41, 5.74) is 3.61. The molecule has 0 atom stereocenters. The number of aryl methyl sites for hydroxylation is 2. The first-order valence-electron chi connectivity index (χ1n) is 9.27. The fraction of sp³-hybridized carbons (Fsp3) is 0.450. The minimum Gasteiger partial charge on any atom is -0.378 e. The molecular formula is C20H27N3O4S. The minimum absolute atomic E-state index is 0.0478. The van der Waals surface area contributed by atoms with E-state index in [0.717, 1.165) is 11.1 Å². The van der Waals surface area contributed by atoms with Crippen LogP contribution < -0.4 is 4.72 Å². The fourth-order valence-corrected chi connectivity index (χ4v) is 5.31. The molecule has 0 aliphatic carbocycles. The summed E-state index contributed by atoms with van der Waals surface area (Å²) in [6.07, 6.45) is 0. The second kappa shape index (κ2) is 7.60. The molecule has 0 unspecified atom stereocenters. The van der Waals surface area contributed by atoms with E-state index in [1.54, 1.807) is 30.4 Å². The average Bonchev–Trinajstić information content (AvgIpc) is 2.89. The normalized spacial score (nSPS) is 15.0. The summed E-state index contributed by atoms with van der Waals surface area (Å²) in [7, 11) is -2.18. The number of ether oxygens (including phenoxy) is 1. The topological polar surface area (TPSA) is 80.6 Å². The van der Waals surface area contributed by atoms with Crippen LogP contribution in [0.4, 0.5) is 5.69 Å². The number of amides is 1. The standard InChI is InChI=1S/C20H27N3O4S/c1-13-7-6-8-14(2)18(13)21-28(25,26)19-16(4)22(5)15(3)17(19)20(24)23-9-11-27-12-10-23/h6-8,21H,9-12H2,1-5H3. The van der Waals surface area contributed by atoms with Crippen LogP contribution in [0.2, 0.25) is 0 Å². The first kappa shape index (κ1) is 20.4. The Bertz CT molecular complexity index is 998. The van der Waals surface area contributed by atoms with E-state index in [2.05, 4.69) is 4.72 Å². The van der Waals surface area contributed by atoms with Crippen molar-refractivity contribution >= 4 is 21.6 Å². The van der Waals surface area contributed by atoms with Gasteiger partial charge in [0.15, 0.2) is 0 Å². The number of aromatic nitrogens is 1. The highest BCUT2D eigenvalue weighted by Crippen LogP contribution is 2.31. The molecule has 152 valence electrons. The number of anilines is 1. The summed E-state index contributed by atoms with van der Waals surface area (Å²) in [4.78, 5) is 14.9. The maximum absolute atomic E-state index is 13.4. The number of rotatable bonds is 4. The molecule has 1 aliphatic rings. The molecule has 1 N–H and O–H groups in total. The summed E-state index contributed by atoms with van der Waals surface area (Å²) < 4.78 is 36.6. The third kappa shape index (κ3) is 3.54. The van der Waals surface area contributed by atoms with Gasteiger partial charge in [-0.2, -0.15) is 0 Å². The third-order valence-corrected chi connectivity index (χ3v) is 6.93. The predicted octanol–water partition coefficient (Wildman–Crippen LogP) is 2.53. The second-order valence-corrected chi connectivity index (χ2v) is 8.83. The van der Waals surface area contributed by atoms with Crippen LogP contribution in [0.25, 0.3) is 0 Å². The zero-order chi connectivity index (χ0) is 20.6. The largest absolute Gasteiger partial charge is 0.378 e. The number of nitrogens with zero attached hydrogens (tertiary/aromatic N) is 2. The zero-order valence-corrected chi connectivity index (χ0v) is 17.8. The van der Waals surface area contributed by atoms with E-state index in [4.69, 9.17) is 4.74 Å². The molecule has 0 spiro atoms. The van der Waals surface area contributed by atoms with E-state index in [-0.39, 0.29) is 16.4 Å². The summed E-state index contributed by atoms with van der Waals surface area (Å²) in [5, 5.41) is 0. The monoisotopic (exact) mass is 405 g/mol. The molecule has 28 heavy (non-hydrogen) atoms. The van der Waals surface area contributed by atoms with Crippen LogP contribution in [-0.4, -0.2) is 50.1 Å². The van der Waals surface area contributed by atoms with Gasteiger partial charge in [-0.1, -0.05) is 18.2 Å². The van der Waals surface area contributed by atoms with Gasteiger partial charge in [0.1, 0.15) is 4.90 Å². The van der Waals surface area contributed by atoms with Gasteiger partial charge in [-0.15, -0.1) is 0 Å². The maximum Gasteiger partial charge on any atom is 0.264 e. The Labute approximate surface area is 166 Å². The zero-order valence-electron chi connectivity index (χ0n) is 17.0. The van der Waals surface area contributed by atoms with Crippen molar-refractivity contribution < 1.29 is 17.9 Å². The summed E-state index contributed by atoms with van der Waals surface area (Å²) in [6.45, 7) is 9.04. The van der Waals surface area contributed by atoms with E-state index in [9.17, 15) is 13.2 Å². The molecule has 2 heterocycles. The van der Waals surface area contributed by atoms with Crippen molar-refractivity contribution in [2.75, 3.05) is 31.0 Å². The molecule has 1 fully saturated rings. The molecule has 1 aliphatic heterocycles. The first-order chi connectivity index (χ1) is 13.1. The Hall–Kier alpha value is -2.32. The lowest BCUT2D eigenvalue weighted by Crippen LogP contribution is -2.41. The number of carbonyl (C=O) groups excluding carboxylic acids is 1. The lowest BCUT2D eigenvalue weighted by molar-refractivity contribution is 0.0300. The van der Waals surface area contributed by atoms with E-state index < -0.39 is 10.0 Å². The fourth-order valence-electron chi connectivity index (χ4n) is 3.58. The van der Waals surface area contributed by atoms with E-state index in [1.165, 1.54) is 0 Å². The quantitative estimate of drug-likeness (QED) is 0.848. The van der Waals surface area contributed by atoms with Crippen molar-refractivity contribution in [3.05, 3.63) is 46.3 Å².